The van der Waals surface area contributed by atoms with Crippen LogP contribution in [0.1, 0.15) is 32.0 Å². The number of Topliss-reactive ketones (excluding diaryl/α,β-unsaturated/α-hetero) is 1. The van der Waals surface area contributed by atoms with Crippen LogP contribution in [0, 0.1) is 0 Å². The molecule has 5 heteroatoms. The van der Waals surface area contributed by atoms with Crippen LogP contribution in [-0.4, -0.2) is 29.0 Å². The third-order valence-electron chi connectivity index (χ3n) is 4.45. The van der Waals surface area contributed by atoms with Gasteiger partial charge in [-0.15, -0.1) is 0 Å². The van der Waals surface area contributed by atoms with E-state index in [4.69, 9.17) is 0 Å². The first-order chi connectivity index (χ1) is 14.1. The van der Waals surface area contributed by atoms with Gasteiger partial charge in [-0.2, -0.15) is 0 Å². The highest BCUT2D eigenvalue weighted by molar-refractivity contribution is 6.27. The van der Waals surface area contributed by atoms with Gasteiger partial charge in [-0.05, 0) is 41.8 Å². The van der Waals surface area contributed by atoms with Crippen molar-refractivity contribution in [3.8, 4) is 0 Å². The summed E-state index contributed by atoms with van der Waals surface area (Å²) < 4.78 is 0. The summed E-state index contributed by atoms with van der Waals surface area (Å²) in [6, 6.07) is 20.5. The highest BCUT2D eigenvalue weighted by Crippen LogP contribution is 2.18. The monoisotopic (exact) mass is 384 g/mol. The molecule has 0 radical (unpaired) electrons. The molecule has 0 saturated heterocycles. The van der Waals surface area contributed by atoms with Crippen molar-refractivity contribution >= 4 is 23.5 Å². The molecule has 0 aliphatic rings. The third-order valence-corrected chi connectivity index (χ3v) is 4.45. The number of aldehydes is 1. The minimum atomic E-state index is -0.620. The van der Waals surface area contributed by atoms with E-state index in [2.05, 4.69) is 16.9 Å². The molecule has 0 aliphatic heterocycles. The number of amides is 1. The lowest BCUT2D eigenvalue weighted by Gasteiger charge is -2.13. The number of carbonyl (C=O) groups is 3. The first-order valence-electron chi connectivity index (χ1n) is 9.13. The summed E-state index contributed by atoms with van der Waals surface area (Å²) in [6.07, 6.45) is 2.70. The standard InChI is InChI=1S/C24H20N2O3/c1-17(23(28)22-9-5-6-14-25-22)19-10-12-20(13-11-19)24(29)26-21(16-27)15-18-7-3-2-4-8-18/h2-14,16,21H,1,15H2,(H,26,29). The lowest BCUT2D eigenvalue weighted by molar-refractivity contribution is -0.109. The van der Waals surface area contributed by atoms with Gasteiger partial charge in [-0.3, -0.25) is 14.6 Å². The van der Waals surface area contributed by atoms with Crippen LogP contribution in [0.15, 0.2) is 85.6 Å². The van der Waals surface area contributed by atoms with E-state index in [1.54, 1.807) is 48.7 Å². The summed E-state index contributed by atoms with van der Waals surface area (Å²) in [6.45, 7) is 3.85. The van der Waals surface area contributed by atoms with Crippen molar-refractivity contribution < 1.29 is 14.4 Å². The summed E-state index contributed by atoms with van der Waals surface area (Å²) in [7, 11) is 0. The van der Waals surface area contributed by atoms with Crippen LogP contribution in [0.3, 0.4) is 0 Å². The van der Waals surface area contributed by atoms with E-state index in [1.807, 2.05) is 30.3 Å². The maximum absolute atomic E-state index is 12.5. The molecule has 1 heterocycles. The Hall–Kier alpha value is -3.86. The maximum Gasteiger partial charge on any atom is 0.251 e. The highest BCUT2D eigenvalue weighted by Gasteiger charge is 2.16. The Morgan fingerprint density at radius 3 is 2.21 bits per heavy atom. The number of pyridine rings is 1. The van der Waals surface area contributed by atoms with Gasteiger partial charge in [0, 0.05) is 17.3 Å². The molecular weight excluding hydrogens is 364 g/mol. The second-order valence-corrected chi connectivity index (χ2v) is 6.51. The summed E-state index contributed by atoms with van der Waals surface area (Å²) in [5.74, 6) is -0.627. The van der Waals surface area contributed by atoms with Crippen LogP contribution in [0.25, 0.3) is 5.57 Å². The zero-order chi connectivity index (χ0) is 20.6. The predicted molar refractivity (Wildman–Crippen MR) is 112 cm³/mol. The fraction of sp³-hybridized carbons (Fsp3) is 0.0833. The SMILES string of the molecule is C=C(C(=O)c1ccccn1)c1ccc(C(=O)NC(C=O)Cc2ccccc2)cc1. The van der Waals surface area contributed by atoms with Crippen molar-refractivity contribution in [3.63, 3.8) is 0 Å². The molecule has 1 atom stereocenters. The number of rotatable bonds is 8. The van der Waals surface area contributed by atoms with E-state index in [0.717, 1.165) is 11.8 Å². The minimum Gasteiger partial charge on any atom is -0.342 e. The van der Waals surface area contributed by atoms with Crippen molar-refractivity contribution in [2.24, 2.45) is 0 Å². The van der Waals surface area contributed by atoms with Gasteiger partial charge >= 0.3 is 0 Å². The largest absolute Gasteiger partial charge is 0.342 e. The van der Waals surface area contributed by atoms with E-state index in [0.29, 0.717) is 28.8 Å². The highest BCUT2D eigenvalue weighted by atomic mass is 16.2. The fourth-order valence-corrected chi connectivity index (χ4v) is 2.86. The van der Waals surface area contributed by atoms with Crippen molar-refractivity contribution in [1.29, 1.82) is 0 Å². The Kier molecular flexibility index (Phi) is 6.43. The number of ketones is 1. The zero-order valence-electron chi connectivity index (χ0n) is 15.7. The van der Waals surface area contributed by atoms with Crippen molar-refractivity contribution in [1.82, 2.24) is 10.3 Å². The molecule has 144 valence electrons. The molecule has 3 rings (SSSR count). The van der Waals surface area contributed by atoms with Crippen molar-refractivity contribution in [3.05, 3.63) is 108 Å². The topological polar surface area (TPSA) is 76.1 Å². The van der Waals surface area contributed by atoms with Gasteiger partial charge in [-0.1, -0.05) is 55.1 Å². The van der Waals surface area contributed by atoms with E-state index in [-0.39, 0.29) is 11.7 Å². The molecule has 3 aromatic rings. The quantitative estimate of drug-likeness (QED) is 0.366. The smallest absolute Gasteiger partial charge is 0.251 e. The van der Waals surface area contributed by atoms with Crippen molar-refractivity contribution in [2.45, 2.75) is 12.5 Å². The number of aromatic nitrogens is 1. The predicted octanol–water partition coefficient (Wildman–Crippen LogP) is 3.52. The Labute approximate surface area is 169 Å². The van der Waals surface area contributed by atoms with Gasteiger partial charge in [0.25, 0.3) is 5.91 Å². The van der Waals surface area contributed by atoms with Gasteiger partial charge in [0.05, 0.1) is 6.04 Å². The summed E-state index contributed by atoms with van der Waals surface area (Å²) in [5.41, 5.74) is 2.57. The molecule has 0 aliphatic carbocycles. The molecule has 0 saturated carbocycles. The van der Waals surface area contributed by atoms with Gasteiger partial charge in [0.2, 0.25) is 5.78 Å². The first kappa shape index (κ1) is 19.9. The molecule has 5 nitrogen and oxygen atoms in total. The molecular formula is C24H20N2O3. The molecule has 29 heavy (non-hydrogen) atoms. The average molecular weight is 384 g/mol. The number of nitrogens with zero attached hydrogens (tertiary/aromatic N) is 1. The number of carbonyl (C=O) groups excluding carboxylic acids is 3. The van der Waals surface area contributed by atoms with Gasteiger partial charge in [-0.25, -0.2) is 0 Å². The van der Waals surface area contributed by atoms with Gasteiger partial charge in [0.15, 0.2) is 0 Å². The fourth-order valence-electron chi connectivity index (χ4n) is 2.86. The molecule has 0 bridgehead atoms. The van der Waals surface area contributed by atoms with Crippen LogP contribution < -0.4 is 5.32 Å². The summed E-state index contributed by atoms with van der Waals surface area (Å²) in [4.78, 5) is 40.3. The van der Waals surface area contributed by atoms with Crippen LogP contribution >= 0.6 is 0 Å². The lowest BCUT2D eigenvalue weighted by atomic mass is 9.99. The molecule has 1 unspecified atom stereocenters. The van der Waals surface area contributed by atoms with Gasteiger partial charge in [0.1, 0.15) is 12.0 Å². The number of benzene rings is 2. The van der Waals surface area contributed by atoms with Gasteiger partial charge < -0.3 is 10.1 Å². The average Bonchev–Trinajstić information content (AvgIpc) is 2.79. The van der Waals surface area contributed by atoms with Crippen LogP contribution in [-0.2, 0) is 11.2 Å². The second-order valence-electron chi connectivity index (χ2n) is 6.51. The number of nitrogens with one attached hydrogen (secondary N) is 1. The number of hydrogen-bond donors (Lipinski definition) is 1. The number of hydrogen-bond acceptors (Lipinski definition) is 4. The second kappa shape index (κ2) is 9.37. The summed E-state index contributed by atoms with van der Waals surface area (Å²) >= 11 is 0. The Morgan fingerprint density at radius 2 is 1.59 bits per heavy atom. The van der Waals surface area contributed by atoms with E-state index >= 15 is 0 Å². The minimum absolute atomic E-state index is 0.272. The van der Waals surface area contributed by atoms with E-state index in [1.165, 1.54) is 0 Å². The summed E-state index contributed by atoms with van der Waals surface area (Å²) in [5, 5.41) is 2.72. The normalized spacial score (nSPS) is 11.3. The molecule has 0 fully saturated rings. The van der Waals surface area contributed by atoms with Crippen molar-refractivity contribution in [2.75, 3.05) is 0 Å². The van der Waals surface area contributed by atoms with E-state index in [9.17, 15) is 14.4 Å². The van der Waals surface area contributed by atoms with Crippen LogP contribution in [0.5, 0.6) is 0 Å². The molecule has 1 N–H and O–H groups in total. The molecule has 2 aromatic carbocycles. The van der Waals surface area contributed by atoms with Crippen LogP contribution in [0.4, 0.5) is 0 Å². The first-order valence-corrected chi connectivity index (χ1v) is 9.13. The maximum atomic E-state index is 12.5. The number of allylic oxidation sites excluding steroid dienone is 1. The van der Waals surface area contributed by atoms with Crippen LogP contribution in [0.2, 0.25) is 0 Å². The molecule has 1 aromatic heterocycles. The Morgan fingerprint density at radius 1 is 0.931 bits per heavy atom. The molecule has 1 amide bonds. The Balaban J connectivity index is 1.66. The Bertz CT molecular complexity index is 1010. The lowest BCUT2D eigenvalue weighted by Crippen LogP contribution is -2.37. The van der Waals surface area contributed by atoms with E-state index < -0.39 is 6.04 Å². The zero-order valence-corrected chi connectivity index (χ0v) is 15.7. The third kappa shape index (κ3) is 5.11. The molecule has 0 spiro atoms.